The van der Waals surface area contributed by atoms with E-state index in [-0.39, 0.29) is 37.4 Å². The monoisotopic (exact) mass is 482 g/mol. The van der Waals surface area contributed by atoms with E-state index in [0.29, 0.717) is 16.8 Å². The van der Waals surface area contributed by atoms with Crippen molar-refractivity contribution < 1.29 is 32.3 Å². The van der Waals surface area contributed by atoms with Crippen molar-refractivity contribution in [3.63, 3.8) is 0 Å². The highest BCUT2D eigenvalue weighted by atomic mass is 35.5. The van der Waals surface area contributed by atoms with Crippen molar-refractivity contribution >= 4 is 35.2 Å². The lowest BCUT2D eigenvalue weighted by molar-refractivity contribution is -0.149. The second-order valence-electron chi connectivity index (χ2n) is 8.08. The normalized spacial score (nSPS) is 20.5. The van der Waals surface area contributed by atoms with Gasteiger partial charge in [-0.05, 0) is 65.9 Å². The first-order valence-corrected chi connectivity index (χ1v) is 10.5. The highest BCUT2D eigenvalue weighted by Gasteiger charge is 2.51. The molecule has 1 fully saturated rings. The van der Waals surface area contributed by atoms with Crippen LogP contribution in [0.3, 0.4) is 0 Å². The van der Waals surface area contributed by atoms with Crippen LogP contribution in [-0.4, -0.2) is 35.2 Å². The first-order valence-electron chi connectivity index (χ1n) is 10.2. The summed E-state index contributed by atoms with van der Waals surface area (Å²) in [5.74, 6) is -2.43. The largest absolute Gasteiger partial charge is 0.412 e. The van der Waals surface area contributed by atoms with E-state index in [1.807, 2.05) is 0 Å². The highest BCUT2D eigenvalue weighted by Crippen LogP contribution is 2.37. The average molecular weight is 483 g/mol. The predicted molar refractivity (Wildman–Crippen MR) is 114 cm³/mol. The number of halogens is 5. The van der Waals surface area contributed by atoms with Crippen LogP contribution in [-0.2, 0) is 22.6 Å². The molecule has 2 aromatic rings. The lowest BCUT2D eigenvalue weighted by atomic mass is 9.91. The molecule has 1 atom stereocenters. The zero-order valence-corrected chi connectivity index (χ0v) is 17.9. The van der Waals surface area contributed by atoms with E-state index in [0.717, 1.165) is 23.8 Å². The van der Waals surface area contributed by atoms with Gasteiger partial charge in [-0.2, -0.15) is 13.2 Å². The van der Waals surface area contributed by atoms with E-state index in [4.69, 9.17) is 11.6 Å². The third kappa shape index (κ3) is 4.60. The van der Waals surface area contributed by atoms with Gasteiger partial charge in [-0.15, -0.1) is 0 Å². The van der Waals surface area contributed by atoms with Crippen LogP contribution < -0.4 is 10.2 Å². The molecule has 10 heteroatoms. The Labute approximate surface area is 191 Å². The molecule has 0 saturated carbocycles. The van der Waals surface area contributed by atoms with Crippen molar-refractivity contribution in [3.05, 3.63) is 69.5 Å². The molecule has 2 N–H and O–H groups in total. The molecule has 1 aliphatic carbocycles. The van der Waals surface area contributed by atoms with Gasteiger partial charge >= 0.3 is 6.18 Å². The fraction of sp³-hybridized carbons (Fsp3) is 0.304. The number of allylic oxidation sites excluding steroid dienone is 1. The van der Waals surface area contributed by atoms with Crippen LogP contribution in [0.2, 0.25) is 5.02 Å². The van der Waals surface area contributed by atoms with Gasteiger partial charge in [0.15, 0.2) is 0 Å². The van der Waals surface area contributed by atoms with E-state index in [1.54, 1.807) is 12.1 Å². The Balaban J connectivity index is 1.51. The molecule has 0 bridgehead atoms. The number of nitrogens with zero attached hydrogens (tertiary/aromatic N) is 1. The maximum Gasteiger partial charge on any atom is 0.412 e. The molecule has 0 aromatic heterocycles. The Kier molecular flexibility index (Phi) is 5.96. The summed E-state index contributed by atoms with van der Waals surface area (Å²) in [6.45, 7) is -0.154. The average Bonchev–Trinajstić information content (AvgIpc) is 3.05. The Hall–Kier alpha value is -2.91. The number of aryl methyl sites for hydroxylation is 1. The van der Waals surface area contributed by atoms with Crippen molar-refractivity contribution in [2.75, 3.05) is 11.4 Å². The van der Waals surface area contributed by atoms with Gasteiger partial charge in [0, 0.05) is 35.8 Å². The van der Waals surface area contributed by atoms with Gasteiger partial charge in [-0.25, -0.2) is 4.39 Å². The first-order chi connectivity index (χ1) is 15.5. The Morgan fingerprint density at radius 3 is 2.64 bits per heavy atom. The van der Waals surface area contributed by atoms with Crippen LogP contribution in [0.5, 0.6) is 0 Å². The number of benzene rings is 2. The van der Waals surface area contributed by atoms with Gasteiger partial charge in [0.2, 0.25) is 5.60 Å². The van der Waals surface area contributed by atoms with Crippen LogP contribution in [0.25, 0.3) is 6.08 Å². The van der Waals surface area contributed by atoms with E-state index in [1.165, 1.54) is 17.0 Å². The van der Waals surface area contributed by atoms with Gasteiger partial charge in [0.25, 0.3) is 11.8 Å². The van der Waals surface area contributed by atoms with Crippen LogP contribution in [0.15, 0.2) is 42.0 Å². The fourth-order valence-corrected chi connectivity index (χ4v) is 4.31. The Bertz CT molecular complexity index is 1140. The van der Waals surface area contributed by atoms with Crippen LogP contribution >= 0.6 is 11.6 Å². The van der Waals surface area contributed by atoms with Crippen molar-refractivity contribution in [2.24, 2.45) is 0 Å². The molecule has 1 heterocycles. The third-order valence-electron chi connectivity index (χ3n) is 5.85. The zero-order valence-electron chi connectivity index (χ0n) is 17.2. The molecule has 2 aliphatic rings. The smallest absolute Gasteiger partial charge is 0.372 e. The molecule has 0 unspecified atom stereocenters. The number of anilines is 1. The molecule has 5 nitrogen and oxygen atoms in total. The lowest BCUT2D eigenvalue weighted by Crippen LogP contribution is -2.52. The molecule has 1 aliphatic heterocycles. The fourth-order valence-electron chi connectivity index (χ4n) is 4.07. The number of nitrogens with one attached hydrogen (secondary N) is 1. The molecule has 33 heavy (non-hydrogen) atoms. The maximum absolute atomic E-state index is 13.5. The van der Waals surface area contributed by atoms with Crippen LogP contribution in [0.4, 0.5) is 23.2 Å². The number of alkyl halides is 3. The topological polar surface area (TPSA) is 69.6 Å². The zero-order chi connectivity index (χ0) is 24.0. The number of hydrogen-bond donors (Lipinski definition) is 2. The Morgan fingerprint density at radius 1 is 1.18 bits per heavy atom. The number of amides is 2. The van der Waals surface area contributed by atoms with Crippen molar-refractivity contribution in [2.45, 2.75) is 37.6 Å². The summed E-state index contributed by atoms with van der Waals surface area (Å²) in [7, 11) is 0. The quantitative estimate of drug-likeness (QED) is 0.508. The molecule has 4 rings (SSSR count). The minimum absolute atomic E-state index is 0.00315. The molecule has 0 radical (unpaired) electrons. The minimum Gasteiger partial charge on any atom is -0.372 e. The summed E-state index contributed by atoms with van der Waals surface area (Å²) in [5.41, 5.74) is -1.28. The maximum atomic E-state index is 13.5. The van der Waals surface area contributed by atoms with Crippen molar-refractivity contribution in [3.8, 4) is 0 Å². The second-order valence-corrected chi connectivity index (χ2v) is 8.51. The molecular weight excluding hydrogens is 464 g/mol. The molecular formula is C23H19ClF4N2O3. The summed E-state index contributed by atoms with van der Waals surface area (Å²) < 4.78 is 52.7. The first kappa shape index (κ1) is 23.3. The van der Waals surface area contributed by atoms with Crippen molar-refractivity contribution in [1.82, 2.24) is 5.32 Å². The number of aliphatic hydroxyl groups is 1. The van der Waals surface area contributed by atoms with Crippen molar-refractivity contribution in [1.29, 1.82) is 0 Å². The summed E-state index contributed by atoms with van der Waals surface area (Å²) in [4.78, 5) is 26.7. The minimum atomic E-state index is -4.43. The Morgan fingerprint density at radius 2 is 1.94 bits per heavy atom. The summed E-state index contributed by atoms with van der Waals surface area (Å²) >= 11 is 5.79. The van der Waals surface area contributed by atoms with E-state index in [2.05, 4.69) is 5.32 Å². The number of rotatable bonds is 4. The second kappa shape index (κ2) is 8.46. The SMILES string of the molecule is O=C(NCc1cc(F)cc(Cl)c1)[C@]1(O)CCN(c2ccc3c(c2)C=C(C(F)(F)F)CC3)C1=O. The highest BCUT2D eigenvalue weighted by molar-refractivity contribution is 6.30. The van der Waals surface area contributed by atoms with Gasteiger partial charge in [-0.1, -0.05) is 17.7 Å². The number of carbonyl (C=O) groups excluding carboxylic acids is 2. The molecule has 174 valence electrons. The number of carbonyl (C=O) groups is 2. The standard InChI is InChI=1S/C23H19ClF4N2O3/c24-17-7-13(8-18(25)11-17)12-29-20(31)22(33)5-6-30(21(22)32)19-4-2-14-1-3-16(23(26,27)28)9-15(14)10-19/h2,4,7-11,33H,1,3,5-6,12H2,(H,29,31)/t22-/m1/s1. The van der Waals surface area contributed by atoms with Gasteiger partial charge in [0.05, 0.1) is 0 Å². The van der Waals surface area contributed by atoms with Gasteiger partial charge < -0.3 is 15.3 Å². The molecule has 2 amide bonds. The van der Waals surface area contributed by atoms with Gasteiger partial charge in [-0.3, -0.25) is 9.59 Å². The van der Waals surface area contributed by atoms with E-state index in [9.17, 15) is 32.3 Å². The van der Waals surface area contributed by atoms with E-state index < -0.39 is 35.0 Å². The summed E-state index contributed by atoms with van der Waals surface area (Å²) in [6, 6.07) is 8.39. The number of fused-ring (bicyclic) bond motifs is 1. The third-order valence-corrected chi connectivity index (χ3v) is 6.06. The van der Waals surface area contributed by atoms with Crippen LogP contribution in [0.1, 0.15) is 29.5 Å². The molecule has 0 spiro atoms. The summed E-state index contributed by atoms with van der Waals surface area (Å²) in [6.07, 6.45) is -3.46. The molecule has 1 saturated heterocycles. The van der Waals surface area contributed by atoms with Gasteiger partial charge in [0.1, 0.15) is 5.82 Å². The lowest BCUT2D eigenvalue weighted by Gasteiger charge is -2.24. The van der Waals surface area contributed by atoms with E-state index >= 15 is 0 Å². The van der Waals surface area contributed by atoms with Crippen LogP contribution in [0, 0.1) is 5.82 Å². The summed E-state index contributed by atoms with van der Waals surface area (Å²) in [5, 5.41) is 13.3. The molecule has 2 aromatic carbocycles. The number of hydrogen-bond acceptors (Lipinski definition) is 3. The predicted octanol–water partition coefficient (Wildman–Crippen LogP) is 4.16.